The normalized spacial score (nSPS) is 24.7. The third kappa shape index (κ3) is 3.58. The highest BCUT2D eigenvalue weighted by molar-refractivity contribution is 5.99. The quantitative estimate of drug-likeness (QED) is 0.734. The first-order valence-electron chi connectivity index (χ1n) is 8.74. The molecule has 1 unspecified atom stereocenters. The summed E-state index contributed by atoms with van der Waals surface area (Å²) in [6.07, 6.45) is 11.0. The van der Waals surface area contributed by atoms with E-state index in [9.17, 15) is 9.59 Å². The zero-order valence-corrected chi connectivity index (χ0v) is 13.6. The number of nitrogens with one attached hydrogen (secondary N) is 1. The van der Waals surface area contributed by atoms with Gasteiger partial charge in [0.15, 0.2) is 0 Å². The van der Waals surface area contributed by atoms with E-state index in [2.05, 4.69) is 12.2 Å². The number of amides is 2. The maximum atomic E-state index is 12.8. The number of piperazine rings is 1. The van der Waals surface area contributed by atoms with Gasteiger partial charge in [-0.1, -0.05) is 51.9 Å². The molecule has 0 aromatic heterocycles. The van der Waals surface area contributed by atoms with Gasteiger partial charge < -0.3 is 10.2 Å². The molecule has 1 aliphatic carbocycles. The molecule has 120 valence electrons. The van der Waals surface area contributed by atoms with Gasteiger partial charge in [0.25, 0.3) is 0 Å². The summed E-state index contributed by atoms with van der Waals surface area (Å²) >= 11 is 0. The van der Waals surface area contributed by atoms with Gasteiger partial charge in [0.05, 0.1) is 0 Å². The molecule has 0 aromatic carbocycles. The largest absolute Gasteiger partial charge is 0.340 e. The molecule has 2 amide bonds. The first-order valence-corrected chi connectivity index (χ1v) is 8.74. The first-order chi connectivity index (χ1) is 10.1. The predicted octanol–water partition coefficient (Wildman–Crippen LogP) is 3.01. The molecule has 0 radical (unpaired) electrons. The van der Waals surface area contributed by atoms with Gasteiger partial charge in [0.1, 0.15) is 11.6 Å². The van der Waals surface area contributed by atoms with Gasteiger partial charge in [-0.05, 0) is 26.2 Å². The van der Waals surface area contributed by atoms with Gasteiger partial charge in [-0.3, -0.25) is 9.59 Å². The predicted molar refractivity (Wildman–Crippen MR) is 83.9 cm³/mol. The van der Waals surface area contributed by atoms with Crippen molar-refractivity contribution in [3.8, 4) is 0 Å². The van der Waals surface area contributed by atoms with Crippen LogP contribution in [0.1, 0.15) is 78.1 Å². The number of unbranched alkanes of at least 4 members (excludes halogenated alkanes) is 5. The minimum atomic E-state index is -0.564. The van der Waals surface area contributed by atoms with E-state index in [1.807, 2.05) is 11.8 Å². The number of nitrogens with zero attached hydrogens (tertiary/aromatic N) is 1. The Morgan fingerprint density at radius 1 is 1.10 bits per heavy atom. The maximum Gasteiger partial charge on any atom is 0.248 e. The van der Waals surface area contributed by atoms with Crippen LogP contribution in [0.3, 0.4) is 0 Å². The fraction of sp³-hybridized carbons (Fsp3) is 0.882. The Morgan fingerprint density at radius 2 is 1.71 bits per heavy atom. The van der Waals surface area contributed by atoms with Crippen molar-refractivity contribution in [3.63, 3.8) is 0 Å². The van der Waals surface area contributed by atoms with Crippen molar-refractivity contribution in [2.24, 2.45) is 0 Å². The van der Waals surface area contributed by atoms with Crippen molar-refractivity contribution >= 4 is 11.8 Å². The molecular formula is C17H30N2O2. The van der Waals surface area contributed by atoms with Gasteiger partial charge in [-0.2, -0.15) is 0 Å². The summed E-state index contributed by atoms with van der Waals surface area (Å²) < 4.78 is 0. The van der Waals surface area contributed by atoms with Crippen molar-refractivity contribution < 1.29 is 9.59 Å². The van der Waals surface area contributed by atoms with Crippen LogP contribution in [0.5, 0.6) is 0 Å². The van der Waals surface area contributed by atoms with Crippen LogP contribution in [0.15, 0.2) is 0 Å². The fourth-order valence-electron chi connectivity index (χ4n) is 3.66. The van der Waals surface area contributed by atoms with Gasteiger partial charge in [-0.25, -0.2) is 0 Å². The van der Waals surface area contributed by atoms with E-state index >= 15 is 0 Å². The molecule has 0 aromatic rings. The third-order valence-corrected chi connectivity index (χ3v) is 5.09. The lowest BCUT2D eigenvalue weighted by atomic mass is 9.91. The molecule has 2 rings (SSSR count). The second-order valence-electron chi connectivity index (χ2n) is 6.72. The zero-order chi connectivity index (χ0) is 15.3. The lowest BCUT2D eigenvalue weighted by Crippen LogP contribution is -2.68. The molecule has 4 heteroatoms. The molecule has 1 saturated carbocycles. The molecule has 2 fully saturated rings. The Morgan fingerprint density at radius 3 is 2.38 bits per heavy atom. The monoisotopic (exact) mass is 294 g/mol. The summed E-state index contributed by atoms with van der Waals surface area (Å²) in [5.74, 6) is 0.197. The molecular weight excluding hydrogens is 264 g/mol. The van der Waals surface area contributed by atoms with E-state index in [-0.39, 0.29) is 17.9 Å². The van der Waals surface area contributed by atoms with Crippen LogP contribution in [0.25, 0.3) is 0 Å². The standard InChI is InChI=1S/C17H30N2O2/c1-3-4-5-6-7-10-13-19-14(2)15(20)18-17(16(19)21)11-8-9-12-17/h14H,3-13H2,1-2H3,(H,18,20). The molecule has 1 aliphatic heterocycles. The van der Waals surface area contributed by atoms with Crippen LogP contribution < -0.4 is 5.32 Å². The molecule has 1 N–H and O–H groups in total. The van der Waals surface area contributed by atoms with Crippen molar-refractivity contribution in [1.29, 1.82) is 0 Å². The molecule has 1 saturated heterocycles. The summed E-state index contributed by atoms with van der Waals surface area (Å²) in [5.41, 5.74) is -0.564. The Labute approximate surface area is 128 Å². The summed E-state index contributed by atoms with van der Waals surface area (Å²) in [5, 5.41) is 3.01. The topological polar surface area (TPSA) is 49.4 Å². The first kappa shape index (κ1) is 16.3. The number of hydrogen-bond acceptors (Lipinski definition) is 2. The Kier molecular flexibility index (Phi) is 5.65. The van der Waals surface area contributed by atoms with E-state index in [4.69, 9.17) is 0 Å². The summed E-state index contributed by atoms with van der Waals surface area (Å²) in [4.78, 5) is 26.8. The van der Waals surface area contributed by atoms with Gasteiger partial charge in [0, 0.05) is 6.54 Å². The third-order valence-electron chi connectivity index (χ3n) is 5.09. The second kappa shape index (κ2) is 7.28. The molecule has 1 atom stereocenters. The van der Waals surface area contributed by atoms with Crippen molar-refractivity contribution in [2.45, 2.75) is 89.6 Å². The second-order valence-corrected chi connectivity index (χ2v) is 6.72. The van der Waals surface area contributed by atoms with Crippen LogP contribution in [0.2, 0.25) is 0 Å². The lowest BCUT2D eigenvalue weighted by molar-refractivity contribution is -0.154. The highest BCUT2D eigenvalue weighted by Gasteiger charge is 2.50. The smallest absolute Gasteiger partial charge is 0.248 e. The SMILES string of the molecule is CCCCCCCCN1C(=O)C2(CCCC2)NC(=O)C1C. The number of hydrogen-bond donors (Lipinski definition) is 1. The minimum absolute atomic E-state index is 0.0301. The van der Waals surface area contributed by atoms with Crippen LogP contribution in [-0.4, -0.2) is 34.8 Å². The lowest BCUT2D eigenvalue weighted by Gasteiger charge is -2.43. The Hall–Kier alpha value is -1.06. The molecule has 0 bridgehead atoms. The highest BCUT2D eigenvalue weighted by atomic mass is 16.2. The molecule has 1 heterocycles. The zero-order valence-electron chi connectivity index (χ0n) is 13.6. The highest BCUT2D eigenvalue weighted by Crippen LogP contribution is 2.34. The number of rotatable bonds is 7. The maximum absolute atomic E-state index is 12.8. The Balaban J connectivity index is 1.87. The summed E-state index contributed by atoms with van der Waals surface area (Å²) in [6, 6.07) is -0.306. The van der Waals surface area contributed by atoms with Crippen LogP contribution in [-0.2, 0) is 9.59 Å². The van der Waals surface area contributed by atoms with Crippen molar-refractivity contribution in [2.75, 3.05) is 6.54 Å². The van der Waals surface area contributed by atoms with Gasteiger partial charge >= 0.3 is 0 Å². The van der Waals surface area contributed by atoms with Gasteiger partial charge in [0.2, 0.25) is 11.8 Å². The number of carbonyl (C=O) groups is 2. The summed E-state index contributed by atoms with van der Waals surface area (Å²) in [6.45, 7) is 4.81. The van der Waals surface area contributed by atoms with Crippen LogP contribution in [0, 0.1) is 0 Å². The van der Waals surface area contributed by atoms with E-state index in [1.54, 1.807) is 0 Å². The van der Waals surface area contributed by atoms with E-state index in [0.717, 1.165) is 45.1 Å². The van der Waals surface area contributed by atoms with Crippen LogP contribution >= 0.6 is 0 Å². The number of carbonyl (C=O) groups excluding carboxylic acids is 2. The van der Waals surface area contributed by atoms with E-state index in [0.29, 0.717) is 0 Å². The summed E-state index contributed by atoms with van der Waals surface area (Å²) in [7, 11) is 0. The van der Waals surface area contributed by atoms with Crippen molar-refractivity contribution in [1.82, 2.24) is 10.2 Å². The average Bonchev–Trinajstić information content (AvgIpc) is 2.93. The van der Waals surface area contributed by atoms with Gasteiger partial charge in [-0.15, -0.1) is 0 Å². The minimum Gasteiger partial charge on any atom is -0.340 e. The fourth-order valence-corrected chi connectivity index (χ4v) is 3.66. The van der Waals surface area contributed by atoms with E-state index < -0.39 is 5.54 Å². The average molecular weight is 294 g/mol. The molecule has 1 spiro atoms. The van der Waals surface area contributed by atoms with Crippen molar-refractivity contribution in [3.05, 3.63) is 0 Å². The molecule has 4 nitrogen and oxygen atoms in total. The van der Waals surface area contributed by atoms with Crippen LogP contribution in [0.4, 0.5) is 0 Å². The molecule has 21 heavy (non-hydrogen) atoms. The Bertz CT molecular complexity index is 375. The van der Waals surface area contributed by atoms with E-state index in [1.165, 1.54) is 25.7 Å². The molecule has 2 aliphatic rings.